The molecule has 1 heterocycles. The summed E-state index contributed by atoms with van der Waals surface area (Å²) >= 11 is 0. The van der Waals surface area contributed by atoms with Crippen LogP contribution in [0.1, 0.15) is 28.7 Å². The zero-order chi connectivity index (χ0) is 23.0. The van der Waals surface area contributed by atoms with Gasteiger partial charge in [-0.2, -0.15) is 23.2 Å². The average molecular weight is 450 g/mol. The van der Waals surface area contributed by atoms with Crippen molar-refractivity contribution in [2.75, 3.05) is 5.32 Å². The molecule has 2 aromatic rings. The van der Waals surface area contributed by atoms with E-state index in [0.717, 1.165) is 36.7 Å². The molecule has 13 heteroatoms. The molecule has 7 nitrogen and oxygen atoms in total. The number of amides is 1. The minimum Gasteiger partial charge on any atom is -0.340 e. The minimum atomic E-state index is -4.97. The molecular weight excluding hydrogens is 435 g/mol. The average Bonchev–Trinajstić information content (AvgIpc) is 2.84. The molecule has 0 fully saturated rings. The summed E-state index contributed by atoms with van der Waals surface area (Å²) in [7, 11) is -3.82. The van der Waals surface area contributed by atoms with E-state index in [4.69, 9.17) is 5.26 Å². The van der Waals surface area contributed by atoms with E-state index in [9.17, 15) is 35.2 Å². The monoisotopic (exact) mass is 450 g/mol. The molecule has 1 atom stereocenters. The first-order valence-electron chi connectivity index (χ1n) is 8.15. The summed E-state index contributed by atoms with van der Waals surface area (Å²) in [6.07, 6.45) is -4.91. The van der Waals surface area contributed by atoms with Crippen molar-refractivity contribution in [3.05, 3.63) is 46.8 Å². The number of nitriles is 1. The van der Waals surface area contributed by atoms with Gasteiger partial charge in [0.15, 0.2) is 5.82 Å². The summed E-state index contributed by atoms with van der Waals surface area (Å²) < 4.78 is 93.2. The lowest BCUT2D eigenvalue weighted by Crippen LogP contribution is -2.43. The number of alkyl halides is 3. The molecule has 0 saturated heterocycles. The summed E-state index contributed by atoms with van der Waals surface area (Å²) in [6.45, 7) is 1.65. The Hall–Kier alpha value is -2.98. The fraction of sp³-hybridized carbons (Fsp3) is 0.294. The number of anilines is 1. The van der Waals surface area contributed by atoms with Crippen LogP contribution in [0, 0.1) is 29.9 Å². The first-order valence-corrected chi connectivity index (χ1v) is 9.63. The zero-order valence-corrected chi connectivity index (χ0v) is 16.5. The maximum Gasteiger partial charge on any atom is 0.404 e. The third kappa shape index (κ3) is 4.44. The number of carbonyl (C=O) groups excluding carboxylic acids is 1. The quantitative estimate of drug-likeness (QED) is 0.684. The van der Waals surface area contributed by atoms with Crippen LogP contribution >= 0.6 is 0 Å². The van der Waals surface area contributed by atoms with Crippen LogP contribution in [0.4, 0.5) is 27.6 Å². The molecule has 0 radical (unpaired) electrons. The smallest absolute Gasteiger partial charge is 0.340 e. The van der Waals surface area contributed by atoms with Gasteiger partial charge in [0.25, 0.3) is 5.91 Å². The summed E-state index contributed by atoms with van der Waals surface area (Å²) in [5.74, 6) is -3.56. The number of halogens is 5. The second kappa shape index (κ2) is 8.04. The van der Waals surface area contributed by atoms with Crippen LogP contribution in [0.2, 0.25) is 0 Å². The van der Waals surface area contributed by atoms with Crippen LogP contribution in [0.5, 0.6) is 0 Å². The van der Waals surface area contributed by atoms with Crippen LogP contribution in [0.25, 0.3) is 0 Å². The summed E-state index contributed by atoms with van der Waals surface area (Å²) in [5.41, 5.74) is -1.58. The molecule has 1 aromatic heterocycles. The van der Waals surface area contributed by atoms with Gasteiger partial charge in [0.2, 0.25) is 10.0 Å². The second-order valence-electron chi connectivity index (χ2n) is 6.28. The lowest BCUT2D eigenvalue weighted by Gasteiger charge is -2.17. The molecule has 0 spiro atoms. The Morgan fingerprint density at radius 1 is 1.27 bits per heavy atom. The molecule has 162 valence electrons. The van der Waals surface area contributed by atoms with Crippen molar-refractivity contribution < 1.29 is 35.2 Å². The Morgan fingerprint density at radius 2 is 1.87 bits per heavy atom. The van der Waals surface area contributed by atoms with Gasteiger partial charge in [-0.15, -0.1) is 0 Å². The highest BCUT2D eigenvalue weighted by atomic mass is 32.2. The molecule has 0 aliphatic carbocycles. The summed E-state index contributed by atoms with van der Waals surface area (Å²) in [5, 5.41) is 11.0. The second-order valence-corrected chi connectivity index (χ2v) is 7.93. The Labute approximate surface area is 168 Å². The van der Waals surface area contributed by atoms with E-state index in [1.54, 1.807) is 6.07 Å². The van der Waals surface area contributed by atoms with Gasteiger partial charge >= 0.3 is 6.18 Å². The van der Waals surface area contributed by atoms with Gasteiger partial charge in [-0.05, 0) is 32.0 Å². The molecule has 1 aromatic carbocycles. The molecular formula is C17H15F5N4O3S. The third-order valence-corrected chi connectivity index (χ3v) is 5.90. The highest BCUT2D eigenvalue weighted by Crippen LogP contribution is 2.28. The third-order valence-electron chi connectivity index (χ3n) is 4.23. The molecule has 0 unspecified atom stereocenters. The number of carbonyl (C=O) groups is 1. The van der Waals surface area contributed by atoms with Crippen molar-refractivity contribution >= 4 is 21.6 Å². The number of nitrogens with one attached hydrogen (secondary N) is 2. The van der Waals surface area contributed by atoms with Crippen LogP contribution < -0.4 is 10.0 Å². The highest BCUT2D eigenvalue weighted by molar-refractivity contribution is 7.89. The topological polar surface area (TPSA) is 104 Å². The predicted molar refractivity (Wildman–Crippen MR) is 95.0 cm³/mol. The molecule has 30 heavy (non-hydrogen) atoms. The molecule has 0 saturated carbocycles. The highest BCUT2D eigenvalue weighted by Gasteiger charge is 2.41. The van der Waals surface area contributed by atoms with Gasteiger partial charge < -0.3 is 9.88 Å². The first kappa shape index (κ1) is 23.3. The summed E-state index contributed by atoms with van der Waals surface area (Å²) in [4.78, 5) is 11.4. The minimum absolute atomic E-state index is 0.0792. The fourth-order valence-electron chi connectivity index (χ4n) is 2.54. The SMILES string of the molecule is Cc1c(S(=O)(=O)N[C@H](C)C(F)(F)F)c(F)c(C(=O)Nc2ccc(F)c(C#N)c2)n1C. The van der Waals surface area contributed by atoms with E-state index in [1.807, 2.05) is 0 Å². The van der Waals surface area contributed by atoms with E-state index < -0.39 is 55.9 Å². The number of aromatic nitrogens is 1. The number of nitrogens with zero attached hydrogens (tertiary/aromatic N) is 2. The Morgan fingerprint density at radius 3 is 2.40 bits per heavy atom. The lowest BCUT2D eigenvalue weighted by molar-refractivity contribution is -0.147. The van der Waals surface area contributed by atoms with E-state index in [-0.39, 0.29) is 11.4 Å². The van der Waals surface area contributed by atoms with Crippen LogP contribution in [0.3, 0.4) is 0 Å². The van der Waals surface area contributed by atoms with E-state index in [2.05, 4.69) is 5.32 Å². The van der Waals surface area contributed by atoms with E-state index in [1.165, 1.54) is 4.72 Å². The van der Waals surface area contributed by atoms with E-state index in [0.29, 0.717) is 6.92 Å². The van der Waals surface area contributed by atoms with Gasteiger partial charge in [-0.1, -0.05) is 0 Å². The number of hydrogen-bond donors (Lipinski definition) is 2. The van der Waals surface area contributed by atoms with Crippen molar-refractivity contribution in [2.45, 2.75) is 31.0 Å². The van der Waals surface area contributed by atoms with Gasteiger partial charge in [0.1, 0.15) is 28.5 Å². The number of hydrogen-bond acceptors (Lipinski definition) is 4. The van der Waals surface area contributed by atoms with Gasteiger partial charge in [-0.25, -0.2) is 17.2 Å². The largest absolute Gasteiger partial charge is 0.404 e. The molecule has 0 aliphatic rings. The molecule has 1 amide bonds. The Kier molecular flexibility index (Phi) is 6.24. The Balaban J connectivity index is 2.45. The number of benzene rings is 1. The summed E-state index contributed by atoms with van der Waals surface area (Å²) in [6, 6.07) is 2.01. The zero-order valence-electron chi connectivity index (χ0n) is 15.7. The molecule has 2 N–H and O–H groups in total. The van der Waals surface area contributed by atoms with Crippen molar-refractivity contribution in [1.82, 2.24) is 9.29 Å². The van der Waals surface area contributed by atoms with Crippen LogP contribution in [-0.4, -0.2) is 31.1 Å². The maximum absolute atomic E-state index is 14.9. The number of sulfonamides is 1. The fourth-order valence-corrected chi connectivity index (χ4v) is 4.11. The lowest BCUT2D eigenvalue weighted by atomic mass is 10.2. The number of rotatable bonds is 5. The maximum atomic E-state index is 14.9. The van der Waals surface area contributed by atoms with Crippen molar-refractivity contribution in [3.63, 3.8) is 0 Å². The Bertz CT molecular complexity index is 1150. The van der Waals surface area contributed by atoms with Gasteiger partial charge in [0, 0.05) is 18.4 Å². The van der Waals surface area contributed by atoms with Crippen LogP contribution in [-0.2, 0) is 17.1 Å². The predicted octanol–water partition coefficient (Wildman–Crippen LogP) is 2.96. The standard InChI is InChI=1S/C17H15F5N4O3S/c1-8-15(30(28,29)25-9(2)17(20,21)22)13(19)14(26(8)3)16(27)24-11-4-5-12(18)10(6-11)7-23/h4-6,9,25H,1-3H3,(H,24,27)/t9-/m1/s1. The van der Waals surface area contributed by atoms with Crippen molar-refractivity contribution in [1.29, 1.82) is 5.26 Å². The van der Waals surface area contributed by atoms with E-state index >= 15 is 0 Å². The van der Waals surface area contributed by atoms with Gasteiger partial charge in [-0.3, -0.25) is 4.79 Å². The normalized spacial score (nSPS) is 13.0. The molecule has 2 rings (SSSR count). The van der Waals surface area contributed by atoms with Crippen molar-refractivity contribution in [3.8, 4) is 6.07 Å². The van der Waals surface area contributed by atoms with Gasteiger partial charge in [0.05, 0.1) is 5.56 Å². The van der Waals surface area contributed by atoms with Crippen molar-refractivity contribution in [2.24, 2.45) is 7.05 Å². The molecule has 0 bridgehead atoms. The van der Waals surface area contributed by atoms with Crippen LogP contribution in [0.15, 0.2) is 23.1 Å². The first-order chi connectivity index (χ1) is 13.7. The molecule has 0 aliphatic heterocycles.